The van der Waals surface area contributed by atoms with E-state index >= 15 is 0 Å². The number of aromatic nitrogens is 5. The summed E-state index contributed by atoms with van der Waals surface area (Å²) in [7, 11) is 1.71. The van der Waals surface area contributed by atoms with Crippen molar-refractivity contribution in [2.45, 2.75) is 20.0 Å². The number of carbonyl (C=O) groups excluding carboxylic acids is 1. The molecule has 0 unspecified atom stereocenters. The number of para-hydroxylation sites is 1. The molecular formula is C22H19BrN6O2. The van der Waals surface area contributed by atoms with Crippen LogP contribution in [0.5, 0.6) is 0 Å². The average molecular weight is 479 g/mol. The van der Waals surface area contributed by atoms with E-state index in [0.717, 1.165) is 28.4 Å². The van der Waals surface area contributed by atoms with Crippen LogP contribution in [0.4, 0.5) is 5.69 Å². The summed E-state index contributed by atoms with van der Waals surface area (Å²) in [6, 6.07) is 14.1. The van der Waals surface area contributed by atoms with Gasteiger partial charge >= 0.3 is 0 Å². The maximum absolute atomic E-state index is 12.8. The van der Waals surface area contributed by atoms with Gasteiger partial charge in [0.1, 0.15) is 22.9 Å². The summed E-state index contributed by atoms with van der Waals surface area (Å²) in [5.74, 6) is -0.304. The highest BCUT2D eigenvalue weighted by Gasteiger charge is 2.16. The molecule has 8 nitrogen and oxygen atoms in total. The van der Waals surface area contributed by atoms with Gasteiger partial charge in [-0.2, -0.15) is 5.10 Å². The molecule has 31 heavy (non-hydrogen) atoms. The molecule has 0 bridgehead atoms. The van der Waals surface area contributed by atoms with Crippen LogP contribution in [0.2, 0.25) is 0 Å². The monoisotopic (exact) mass is 478 g/mol. The number of carbonyl (C=O) groups is 1. The molecule has 0 saturated carbocycles. The van der Waals surface area contributed by atoms with Crippen LogP contribution >= 0.6 is 15.9 Å². The summed E-state index contributed by atoms with van der Waals surface area (Å²) in [6.07, 6.45) is 1.37. The van der Waals surface area contributed by atoms with E-state index in [-0.39, 0.29) is 18.0 Å². The summed E-state index contributed by atoms with van der Waals surface area (Å²) >= 11 is 3.29. The summed E-state index contributed by atoms with van der Waals surface area (Å²) < 4.78 is 5.47. The van der Waals surface area contributed by atoms with Gasteiger partial charge in [0.15, 0.2) is 5.65 Å². The summed E-state index contributed by atoms with van der Waals surface area (Å²) in [5, 5.41) is 9.63. The molecule has 156 valence electrons. The Balaban J connectivity index is 1.46. The van der Waals surface area contributed by atoms with E-state index in [9.17, 15) is 9.59 Å². The Bertz CT molecular complexity index is 1550. The maximum Gasteiger partial charge on any atom is 0.266 e. The lowest BCUT2D eigenvalue weighted by Crippen LogP contribution is -2.28. The normalized spacial score (nSPS) is 11.6. The number of hydrogen-bond donors (Lipinski definition) is 1. The molecule has 0 aliphatic heterocycles. The van der Waals surface area contributed by atoms with E-state index in [1.165, 1.54) is 15.6 Å². The van der Waals surface area contributed by atoms with E-state index in [1.54, 1.807) is 7.05 Å². The van der Waals surface area contributed by atoms with E-state index in [1.807, 2.05) is 30.3 Å². The third-order valence-electron chi connectivity index (χ3n) is 5.45. The average Bonchev–Trinajstić information content (AvgIpc) is 3.23. The molecule has 1 amide bonds. The van der Waals surface area contributed by atoms with Crippen molar-refractivity contribution in [3.05, 3.63) is 63.7 Å². The molecule has 0 fully saturated rings. The Morgan fingerprint density at radius 2 is 1.90 bits per heavy atom. The molecule has 0 saturated heterocycles. The van der Waals surface area contributed by atoms with Gasteiger partial charge in [0.05, 0.1) is 0 Å². The van der Waals surface area contributed by atoms with E-state index in [0.29, 0.717) is 21.3 Å². The van der Waals surface area contributed by atoms with Crippen molar-refractivity contribution < 1.29 is 4.79 Å². The van der Waals surface area contributed by atoms with Crippen LogP contribution in [0, 0.1) is 0 Å². The number of anilines is 1. The van der Waals surface area contributed by atoms with Gasteiger partial charge in [-0.3, -0.25) is 14.2 Å². The first kappa shape index (κ1) is 19.5. The number of amides is 1. The van der Waals surface area contributed by atoms with Crippen molar-refractivity contribution in [2.24, 2.45) is 7.05 Å². The second-order valence-corrected chi connectivity index (χ2v) is 8.08. The molecule has 5 aromatic rings. The fourth-order valence-corrected chi connectivity index (χ4v) is 4.66. The zero-order valence-electron chi connectivity index (χ0n) is 17.0. The molecule has 1 N–H and O–H groups in total. The van der Waals surface area contributed by atoms with Gasteiger partial charge in [-0.15, -0.1) is 0 Å². The Hall–Kier alpha value is -3.46. The van der Waals surface area contributed by atoms with Crippen LogP contribution < -0.4 is 10.9 Å². The van der Waals surface area contributed by atoms with Crippen LogP contribution in [-0.2, 0) is 24.9 Å². The van der Waals surface area contributed by atoms with Gasteiger partial charge in [0.25, 0.3) is 5.56 Å². The van der Waals surface area contributed by atoms with Crippen molar-refractivity contribution in [1.29, 1.82) is 0 Å². The maximum atomic E-state index is 12.8. The Morgan fingerprint density at radius 1 is 1.13 bits per heavy atom. The SMILES string of the molecule is CCn1c2ccccc2c2cc(NC(=O)Cn3cnc4c(c(Br)nn4C)c3=O)ccc21. The first-order valence-electron chi connectivity index (χ1n) is 9.86. The van der Waals surface area contributed by atoms with Gasteiger partial charge in [0.2, 0.25) is 5.91 Å². The summed E-state index contributed by atoms with van der Waals surface area (Å²) in [4.78, 5) is 29.7. The Morgan fingerprint density at radius 3 is 2.71 bits per heavy atom. The smallest absolute Gasteiger partial charge is 0.266 e. The minimum absolute atomic E-state index is 0.141. The van der Waals surface area contributed by atoms with Crippen LogP contribution in [0.3, 0.4) is 0 Å². The van der Waals surface area contributed by atoms with Crippen LogP contribution in [-0.4, -0.2) is 29.8 Å². The number of hydrogen-bond acceptors (Lipinski definition) is 4. The second-order valence-electron chi connectivity index (χ2n) is 7.33. The molecule has 3 heterocycles. The molecule has 0 aliphatic carbocycles. The lowest BCUT2D eigenvalue weighted by molar-refractivity contribution is -0.116. The highest BCUT2D eigenvalue weighted by molar-refractivity contribution is 9.10. The van der Waals surface area contributed by atoms with Crippen molar-refractivity contribution >= 4 is 60.4 Å². The predicted molar refractivity (Wildman–Crippen MR) is 124 cm³/mol. The topological polar surface area (TPSA) is 86.7 Å². The van der Waals surface area contributed by atoms with Crippen LogP contribution in [0.1, 0.15) is 6.92 Å². The highest BCUT2D eigenvalue weighted by Crippen LogP contribution is 2.31. The van der Waals surface area contributed by atoms with E-state index in [2.05, 4.69) is 55.0 Å². The lowest BCUT2D eigenvalue weighted by Gasteiger charge is -2.08. The first-order chi connectivity index (χ1) is 15.0. The molecule has 9 heteroatoms. The Labute approximate surface area is 185 Å². The summed E-state index contributed by atoms with van der Waals surface area (Å²) in [5.41, 5.74) is 3.11. The number of halogens is 1. The number of rotatable bonds is 4. The van der Waals surface area contributed by atoms with Gasteiger partial charge < -0.3 is 9.88 Å². The molecule has 0 atom stereocenters. The zero-order chi connectivity index (χ0) is 21.7. The van der Waals surface area contributed by atoms with Gasteiger partial charge in [-0.05, 0) is 47.1 Å². The number of fused-ring (bicyclic) bond motifs is 4. The quantitative estimate of drug-likeness (QED) is 0.426. The molecule has 0 spiro atoms. The molecule has 3 aromatic heterocycles. The minimum atomic E-state index is -0.318. The molecule has 0 radical (unpaired) electrons. The predicted octanol–water partition coefficient (Wildman–Crippen LogP) is 3.66. The van der Waals surface area contributed by atoms with Gasteiger partial charge in [-0.25, -0.2) is 9.67 Å². The van der Waals surface area contributed by atoms with Crippen LogP contribution in [0.15, 0.2) is 58.2 Å². The molecule has 5 rings (SSSR count). The van der Waals surface area contributed by atoms with Gasteiger partial charge in [0, 0.05) is 41.1 Å². The number of aryl methyl sites for hydroxylation is 2. The van der Waals surface area contributed by atoms with Crippen LogP contribution in [0.25, 0.3) is 32.8 Å². The highest BCUT2D eigenvalue weighted by atomic mass is 79.9. The fourth-order valence-electron chi connectivity index (χ4n) is 4.08. The van der Waals surface area contributed by atoms with Crippen molar-refractivity contribution in [1.82, 2.24) is 23.9 Å². The zero-order valence-corrected chi connectivity index (χ0v) is 18.5. The lowest BCUT2D eigenvalue weighted by atomic mass is 10.1. The largest absolute Gasteiger partial charge is 0.341 e. The van der Waals surface area contributed by atoms with E-state index < -0.39 is 0 Å². The fraction of sp³-hybridized carbons (Fsp3) is 0.182. The van der Waals surface area contributed by atoms with Gasteiger partial charge in [-0.1, -0.05) is 18.2 Å². The second kappa shape index (κ2) is 7.35. The number of benzene rings is 2. The van der Waals surface area contributed by atoms with Crippen molar-refractivity contribution in [3.8, 4) is 0 Å². The Kier molecular flexibility index (Phi) is 4.62. The molecule has 2 aromatic carbocycles. The standard InChI is InChI=1S/C22H19BrN6O2/c1-3-29-16-7-5-4-6-14(16)15-10-13(8-9-17(15)29)25-18(30)11-28-12-24-21-19(22(28)31)20(23)26-27(21)2/h4-10,12H,3,11H2,1-2H3,(H,25,30). The minimum Gasteiger partial charge on any atom is -0.341 e. The number of nitrogens with one attached hydrogen (secondary N) is 1. The molecular weight excluding hydrogens is 460 g/mol. The third kappa shape index (κ3) is 3.12. The van der Waals surface area contributed by atoms with Crippen molar-refractivity contribution in [2.75, 3.05) is 5.32 Å². The first-order valence-corrected chi connectivity index (χ1v) is 10.7. The third-order valence-corrected chi connectivity index (χ3v) is 6.01. The van der Waals surface area contributed by atoms with E-state index in [4.69, 9.17) is 0 Å². The van der Waals surface area contributed by atoms with Crippen molar-refractivity contribution in [3.63, 3.8) is 0 Å². The molecule has 0 aliphatic rings. The number of nitrogens with zero attached hydrogens (tertiary/aromatic N) is 5. The summed E-state index contributed by atoms with van der Waals surface area (Å²) in [6.45, 7) is 2.83.